The lowest BCUT2D eigenvalue weighted by atomic mass is 10.1. The maximum Gasteiger partial charge on any atom is 0.275 e. The van der Waals surface area contributed by atoms with Gasteiger partial charge in [-0.1, -0.05) is 18.2 Å². The Morgan fingerprint density at radius 3 is 3.00 bits per heavy atom. The largest absolute Gasteiger partial charge is 0.329 e. The van der Waals surface area contributed by atoms with E-state index >= 15 is 0 Å². The molecule has 1 aromatic carbocycles. The van der Waals surface area contributed by atoms with Crippen molar-refractivity contribution in [2.45, 2.75) is 19.5 Å². The number of aromatic nitrogens is 2. The second-order valence-corrected chi connectivity index (χ2v) is 5.86. The molecule has 8 nitrogen and oxygen atoms in total. The van der Waals surface area contributed by atoms with Crippen molar-refractivity contribution in [3.05, 3.63) is 69.5 Å². The highest BCUT2D eigenvalue weighted by Gasteiger charge is 2.25. The molecule has 26 heavy (non-hydrogen) atoms. The first-order valence-corrected chi connectivity index (χ1v) is 8.00. The standard InChI is InChI=1S/C17H19N5O3.ClH/c1-2-8-21(11-12-4-3-5-13(9-12)22(24)25)17(23)16-14-10-18-7-6-15(14)19-20-16;/h2-5,9,18H,1,6-8,10-11H2,(H,19,20);1H. The SMILES string of the molecule is C=CCN(Cc1cccc([N+](=O)[O-])c1)C(=O)c1n[nH]c2c1CNCC2.Cl. The monoisotopic (exact) mass is 377 g/mol. The smallest absolute Gasteiger partial charge is 0.275 e. The van der Waals surface area contributed by atoms with Crippen LogP contribution in [-0.2, 0) is 19.5 Å². The van der Waals surface area contributed by atoms with Gasteiger partial charge in [-0.05, 0) is 5.56 Å². The van der Waals surface area contributed by atoms with E-state index in [1.54, 1.807) is 23.1 Å². The molecule has 9 heteroatoms. The minimum Gasteiger partial charge on any atom is -0.329 e. The highest BCUT2D eigenvalue weighted by atomic mass is 35.5. The zero-order chi connectivity index (χ0) is 17.8. The number of benzene rings is 1. The predicted octanol–water partition coefficient (Wildman–Crippen LogP) is 2.21. The van der Waals surface area contributed by atoms with Gasteiger partial charge in [0.05, 0.1) is 4.92 Å². The number of hydrogen-bond donors (Lipinski definition) is 2. The zero-order valence-electron chi connectivity index (χ0n) is 14.1. The van der Waals surface area contributed by atoms with Gasteiger partial charge in [0, 0.05) is 56.0 Å². The van der Waals surface area contributed by atoms with Gasteiger partial charge in [-0.25, -0.2) is 0 Å². The average Bonchev–Trinajstić information content (AvgIpc) is 3.05. The second kappa shape index (κ2) is 8.59. The van der Waals surface area contributed by atoms with Crippen molar-refractivity contribution >= 4 is 24.0 Å². The Hall–Kier alpha value is -2.71. The van der Waals surface area contributed by atoms with Crippen LogP contribution in [0.4, 0.5) is 5.69 Å². The lowest BCUT2D eigenvalue weighted by Crippen LogP contribution is -2.33. The third-order valence-electron chi connectivity index (χ3n) is 4.14. The van der Waals surface area contributed by atoms with Gasteiger partial charge >= 0.3 is 0 Å². The Labute approximate surface area is 156 Å². The van der Waals surface area contributed by atoms with Crippen molar-refractivity contribution in [1.29, 1.82) is 0 Å². The van der Waals surface area contributed by atoms with Crippen LogP contribution in [0.15, 0.2) is 36.9 Å². The molecular weight excluding hydrogens is 358 g/mol. The van der Waals surface area contributed by atoms with Crippen LogP contribution in [-0.4, -0.2) is 39.0 Å². The minimum absolute atomic E-state index is 0. The molecule has 138 valence electrons. The summed E-state index contributed by atoms with van der Waals surface area (Å²) >= 11 is 0. The molecule has 0 unspecified atom stereocenters. The third-order valence-corrected chi connectivity index (χ3v) is 4.14. The van der Waals surface area contributed by atoms with E-state index in [4.69, 9.17) is 0 Å². The summed E-state index contributed by atoms with van der Waals surface area (Å²) in [6.07, 6.45) is 2.44. The van der Waals surface area contributed by atoms with Crippen LogP contribution in [0.1, 0.15) is 27.3 Å². The fourth-order valence-electron chi connectivity index (χ4n) is 2.92. The molecule has 0 fully saturated rings. The van der Waals surface area contributed by atoms with Crippen molar-refractivity contribution in [1.82, 2.24) is 20.4 Å². The number of fused-ring (bicyclic) bond motifs is 1. The Bertz CT molecular complexity index is 820. The summed E-state index contributed by atoms with van der Waals surface area (Å²) in [5.41, 5.74) is 2.96. The van der Waals surface area contributed by atoms with Crippen molar-refractivity contribution < 1.29 is 9.72 Å². The van der Waals surface area contributed by atoms with E-state index in [9.17, 15) is 14.9 Å². The van der Waals surface area contributed by atoms with Crippen molar-refractivity contribution in [3.63, 3.8) is 0 Å². The van der Waals surface area contributed by atoms with Gasteiger partial charge in [-0.15, -0.1) is 19.0 Å². The van der Waals surface area contributed by atoms with E-state index in [1.165, 1.54) is 12.1 Å². The number of carbonyl (C=O) groups excluding carboxylic acids is 1. The summed E-state index contributed by atoms with van der Waals surface area (Å²) in [7, 11) is 0. The Morgan fingerprint density at radius 1 is 1.46 bits per heavy atom. The molecule has 2 N–H and O–H groups in total. The highest BCUT2D eigenvalue weighted by molar-refractivity contribution is 5.94. The zero-order valence-corrected chi connectivity index (χ0v) is 14.9. The molecule has 0 bridgehead atoms. The molecule has 0 radical (unpaired) electrons. The Morgan fingerprint density at radius 2 is 2.27 bits per heavy atom. The lowest BCUT2D eigenvalue weighted by Gasteiger charge is -2.21. The Balaban J connectivity index is 0.00000243. The molecule has 0 atom stereocenters. The van der Waals surface area contributed by atoms with E-state index in [2.05, 4.69) is 22.1 Å². The van der Waals surface area contributed by atoms with Crippen molar-refractivity contribution in [2.24, 2.45) is 0 Å². The number of nitro groups is 1. The Kier molecular flexibility index (Phi) is 6.48. The van der Waals surface area contributed by atoms with Crippen LogP contribution in [0.2, 0.25) is 0 Å². The number of non-ortho nitro benzene ring substituents is 1. The van der Waals surface area contributed by atoms with Gasteiger partial charge < -0.3 is 10.2 Å². The number of amides is 1. The first-order chi connectivity index (χ1) is 12.1. The molecule has 0 saturated heterocycles. The number of rotatable bonds is 6. The van der Waals surface area contributed by atoms with Gasteiger partial charge in [0.1, 0.15) is 0 Å². The molecule has 1 aromatic heterocycles. The van der Waals surface area contributed by atoms with Crippen LogP contribution in [0.5, 0.6) is 0 Å². The van der Waals surface area contributed by atoms with Gasteiger partial charge in [0.25, 0.3) is 11.6 Å². The van der Waals surface area contributed by atoms with Gasteiger partial charge in [-0.2, -0.15) is 5.10 Å². The van der Waals surface area contributed by atoms with Gasteiger partial charge in [0.15, 0.2) is 5.69 Å². The molecule has 1 amide bonds. The van der Waals surface area contributed by atoms with Crippen LogP contribution < -0.4 is 5.32 Å². The number of nitrogens with one attached hydrogen (secondary N) is 2. The summed E-state index contributed by atoms with van der Waals surface area (Å²) in [5, 5.41) is 21.3. The van der Waals surface area contributed by atoms with Gasteiger partial charge in [0.2, 0.25) is 0 Å². The summed E-state index contributed by atoms with van der Waals surface area (Å²) in [6.45, 7) is 5.73. The van der Waals surface area contributed by atoms with Crippen molar-refractivity contribution in [3.8, 4) is 0 Å². The summed E-state index contributed by atoms with van der Waals surface area (Å²) in [6, 6.07) is 6.28. The molecule has 3 rings (SSSR count). The predicted molar refractivity (Wildman–Crippen MR) is 99.3 cm³/mol. The number of H-pyrrole nitrogens is 1. The quantitative estimate of drug-likeness (QED) is 0.456. The fraction of sp³-hybridized carbons (Fsp3) is 0.294. The minimum atomic E-state index is -0.446. The summed E-state index contributed by atoms with van der Waals surface area (Å²) < 4.78 is 0. The second-order valence-electron chi connectivity index (χ2n) is 5.86. The van der Waals surface area contributed by atoms with Crippen LogP contribution in [0.3, 0.4) is 0 Å². The number of halogens is 1. The maximum absolute atomic E-state index is 12.9. The third kappa shape index (κ3) is 4.09. The topological polar surface area (TPSA) is 104 Å². The van der Waals surface area contributed by atoms with Gasteiger partial charge in [-0.3, -0.25) is 20.0 Å². The summed E-state index contributed by atoms with van der Waals surface area (Å²) in [5.74, 6) is -0.215. The number of carbonyl (C=O) groups is 1. The molecule has 1 aliphatic heterocycles. The lowest BCUT2D eigenvalue weighted by molar-refractivity contribution is -0.384. The normalized spacial score (nSPS) is 12.6. The average molecular weight is 378 g/mol. The van der Waals surface area contributed by atoms with Crippen LogP contribution in [0, 0.1) is 10.1 Å². The van der Waals surface area contributed by atoms with Crippen molar-refractivity contribution in [2.75, 3.05) is 13.1 Å². The molecule has 1 aliphatic rings. The molecule has 0 aliphatic carbocycles. The van der Waals surface area contributed by atoms with E-state index in [1.807, 2.05) is 0 Å². The first-order valence-electron chi connectivity index (χ1n) is 8.00. The molecule has 0 spiro atoms. The summed E-state index contributed by atoms with van der Waals surface area (Å²) in [4.78, 5) is 25.0. The molecule has 2 heterocycles. The maximum atomic E-state index is 12.9. The van der Waals surface area contributed by atoms with E-state index < -0.39 is 4.92 Å². The molecule has 0 saturated carbocycles. The van der Waals surface area contributed by atoms with E-state index in [-0.39, 0.29) is 30.5 Å². The number of hydrogen-bond acceptors (Lipinski definition) is 5. The molecular formula is C17H20ClN5O3. The van der Waals surface area contributed by atoms with Crippen LogP contribution >= 0.6 is 12.4 Å². The molecule has 2 aromatic rings. The highest BCUT2D eigenvalue weighted by Crippen LogP contribution is 2.19. The first kappa shape index (κ1) is 19.6. The number of nitrogens with zero attached hydrogens (tertiary/aromatic N) is 3. The van der Waals surface area contributed by atoms with Crippen LogP contribution in [0.25, 0.3) is 0 Å². The number of aromatic amines is 1. The number of nitro benzene ring substituents is 1. The van der Waals surface area contributed by atoms with E-state index in [0.29, 0.717) is 24.3 Å². The fourth-order valence-corrected chi connectivity index (χ4v) is 2.92. The van der Waals surface area contributed by atoms with E-state index in [0.717, 1.165) is 24.2 Å².